The predicted octanol–water partition coefficient (Wildman–Crippen LogP) is 1.34. The number of hydrogen-bond donors (Lipinski definition) is 3. The molecule has 0 bridgehead atoms. The van der Waals surface area contributed by atoms with Crippen LogP contribution in [-0.2, 0) is 15.9 Å². The lowest BCUT2D eigenvalue weighted by atomic mass is 10.1. The number of carboxylic acids is 1. The van der Waals surface area contributed by atoms with Crippen LogP contribution in [0.5, 0.6) is 0 Å². The van der Waals surface area contributed by atoms with Crippen LogP contribution < -0.4 is 0 Å². The maximum Gasteiger partial charge on any atom is 0.379 e. The van der Waals surface area contributed by atoms with Crippen LogP contribution in [0.15, 0.2) is 18.2 Å². The maximum atomic E-state index is 12.4. The highest BCUT2D eigenvalue weighted by molar-refractivity contribution is 7.51. The largest absolute Gasteiger partial charge is 0.632 e. The minimum atomic E-state index is -4.61. The van der Waals surface area contributed by atoms with E-state index in [0.717, 1.165) is 11.1 Å². The lowest BCUT2D eigenvalue weighted by Gasteiger charge is -2.41. The topological polar surface area (TPSA) is 118 Å². The Morgan fingerprint density at radius 1 is 1.35 bits per heavy atom. The SMILES string of the molecule is Cc1ccc(C[N+]([O-])(CC(=O)O)CP(=O)(O)O)c(C)c1. The summed E-state index contributed by atoms with van der Waals surface area (Å²) in [5, 5.41) is 21.2. The van der Waals surface area contributed by atoms with Gasteiger partial charge in [-0.25, -0.2) is 4.79 Å². The van der Waals surface area contributed by atoms with Crippen molar-refractivity contribution in [3.05, 3.63) is 40.1 Å². The molecule has 0 spiro atoms. The number of quaternary nitrogens is 1. The van der Waals surface area contributed by atoms with E-state index in [-0.39, 0.29) is 6.54 Å². The van der Waals surface area contributed by atoms with Crippen molar-refractivity contribution in [1.82, 2.24) is 0 Å². The lowest BCUT2D eigenvalue weighted by Crippen LogP contribution is -2.46. The Morgan fingerprint density at radius 2 is 1.95 bits per heavy atom. The van der Waals surface area contributed by atoms with Gasteiger partial charge in [-0.1, -0.05) is 23.8 Å². The standard InChI is InChI=1S/C12H18NO6P/c1-9-3-4-11(10(2)5-9)6-13(16,7-12(14)15)8-20(17,18)19/h3-5H,6-8H2,1-2H3,(H,14,15)(H2,17,18,19). The zero-order valence-corrected chi connectivity index (χ0v) is 12.2. The maximum absolute atomic E-state index is 12.4. The molecule has 112 valence electrons. The first-order valence-electron chi connectivity index (χ1n) is 5.90. The molecule has 0 aromatic heterocycles. The monoisotopic (exact) mass is 303 g/mol. The number of benzene rings is 1. The van der Waals surface area contributed by atoms with E-state index >= 15 is 0 Å². The molecule has 1 atom stereocenters. The zero-order chi connectivity index (χ0) is 15.6. The molecule has 0 aliphatic heterocycles. The molecule has 0 saturated heterocycles. The third-order valence-electron chi connectivity index (χ3n) is 2.82. The van der Waals surface area contributed by atoms with Gasteiger partial charge in [0.05, 0.1) is 0 Å². The van der Waals surface area contributed by atoms with E-state index < -0.39 is 31.0 Å². The second kappa shape index (κ2) is 6.03. The van der Waals surface area contributed by atoms with Crippen molar-refractivity contribution in [3.8, 4) is 0 Å². The third kappa shape index (κ3) is 5.40. The molecule has 3 N–H and O–H groups in total. The smallest absolute Gasteiger partial charge is 0.379 e. The second-order valence-corrected chi connectivity index (χ2v) is 6.62. The van der Waals surface area contributed by atoms with Crippen molar-refractivity contribution >= 4 is 13.6 Å². The fraction of sp³-hybridized carbons (Fsp3) is 0.417. The Morgan fingerprint density at radius 3 is 2.40 bits per heavy atom. The number of carboxylic acid groups (broad SMARTS) is 1. The molecular formula is C12H18NO6P. The van der Waals surface area contributed by atoms with Crippen molar-refractivity contribution in [2.24, 2.45) is 0 Å². The molecule has 0 saturated carbocycles. The van der Waals surface area contributed by atoms with Gasteiger partial charge in [0.1, 0.15) is 6.54 Å². The molecular weight excluding hydrogens is 285 g/mol. The number of hydrogen-bond acceptors (Lipinski definition) is 3. The Labute approximate surface area is 116 Å². The summed E-state index contributed by atoms with van der Waals surface area (Å²) in [6, 6.07) is 5.28. The normalized spacial score (nSPS) is 14.8. The molecule has 20 heavy (non-hydrogen) atoms. The van der Waals surface area contributed by atoms with E-state index in [2.05, 4.69) is 0 Å². The molecule has 1 aromatic rings. The summed E-state index contributed by atoms with van der Waals surface area (Å²) in [4.78, 5) is 28.7. The van der Waals surface area contributed by atoms with Gasteiger partial charge in [0, 0.05) is 5.56 Å². The van der Waals surface area contributed by atoms with Crippen LogP contribution in [0.4, 0.5) is 0 Å². The third-order valence-corrected chi connectivity index (χ3v) is 3.71. The van der Waals surface area contributed by atoms with Gasteiger partial charge < -0.3 is 24.7 Å². The van der Waals surface area contributed by atoms with Gasteiger partial charge in [-0.15, -0.1) is 0 Å². The number of carbonyl (C=O) groups is 1. The van der Waals surface area contributed by atoms with E-state index in [4.69, 9.17) is 14.9 Å². The van der Waals surface area contributed by atoms with Gasteiger partial charge in [-0.3, -0.25) is 4.57 Å². The van der Waals surface area contributed by atoms with Gasteiger partial charge in [0.15, 0.2) is 12.8 Å². The molecule has 7 nitrogen and oxygen atoms in total. The molecule has 0 aliphatic rings. The average molecular weight is 303 g/mol. The molecule has 8 heteroatoms. The highest BCUT2D eigenvalue weighted by Crippen LogP contribution is 2.38. The zero-order valence-electron chi connectivity index (χ0n) is 11.3. The molecule has 1 aromatic carbocycles. The Kier molecular flexibility index (Phi) is 5.07. The van der Waals surface area contributed by atoms with Crippen LogP contribution in [0, 0.1) is 19.1 Å². The molecule has 0 fully saturated rings. The number of hydroxylamine groups is 3. The van der Waals surface area contributed by atoms with Crippen molar-refractivity contribution in [3.63, 3.8) is 0 Å². The average Bonchev–Trinajstić information content (AvgIpc) is 2.17. The van der Waals surface area contributed by atoms with Gasteiger partial charge in [0.25, 0.3) is 0 Å². The first-order chi connectivity index (χ1) is 9.01. The summed E-state index contributed by atoms with van der Waals surface area (Å²) in [7, 11) is -4.61. The summed E-state index contributed by atoms with van der Waals surface area (Å²) in [6.07, 6.45) is -1.05. The molecule has 1 unspecified atom stereocenters. The first kappa shape index (κ1) is 16.8. The van der Waals surface area contributed by atoms with Crippen LogP contribution in [0.1, 0.15) is 16.7 Å². The summed E-state index contributed by atoms with van der Waals surface area (Å²) in [6.45, 7) is 2.47. The fourth-order valence-corrected chi connectivity index (χ4v) is 2.94. The van der Waals surface area contributed by atoms with Crippen LogP contribution >= 0.6 is 7.60 Å². The van der Waals surface area contributed by atoms with Gasteiger partial charge in [-0.05, 0) is 19.4 Å². The summed E-state index contributed by atoms with van der Waals surface area (Å²) >= 11 is 0. The van der Waals surface area contributed by atoms with Crippen molar-refractivity contribution in [1.29, 1.82) is 0 Å². The quantitative estimate of drug-likeness (QED) is 0.414. The minimum absolute atomic E-state index is 0.288. The van der Waals surface area contributed by atoms with E-state index in [1.165, 1.54) is 0 Å². The van der Waals surface area contributed by atoms with E-state index in [1.54, 1.807) is 19.1 Å². The summed E-state index contributed by atoms with van der Waals surface area (Å²) < 4.78 is 9.56. The Bertz CT molecular complexity index is 555. The first-order valence-corrected chi connectivity index (χ1v) is 7.70. The Balaban J connectivity index is 3.05. The van der Waals surface area contributed by atoms with Gasteiger partial charge in [0.2, 0.25) is 0 Å². The van der Waals surface area contributed by atoms with E-state index in [0.29, 0.717) is 5.56 Å². The van der Waals surface area contributed by atoms with Gasteiger partial charge >= 0.3 is 13.6 Å². The summed E-state index contributed by atoms with van der Waals surface area (Å²) in [5.41, 5.74) is 2.36. The van der Waals surface area contributed by atoms with Crippen molar-refractivity contribution < 1.29 is 28.9 Å². The molecule has 0 radical (unpaired) electrons. The minimum Gasteiger partial charge on any atom is -0.632 e. The number of nitrogens with zero attached hydrogens (tertiary/aromatic N) is 1. The fourth-order valence-electron chi connectivity index (χ4n) is 2.07. The van der Waals surface area contributed by atoms with Crippen LogP contribution in [0.3, 0.4) is 0 Å². The van der Waals surface area contributed by atoms with Crippen molar-refractivity contribution in [2.75, 3.05) is 12.8 Å². The highest BCUT2D eigenvalue weighted by Gasteiger charge is 2.31. The molecule has 1 rings (SSSR count). The van der Waals surface area contributed by atoms with Crippen LogP contribution in [-0.4, -0.2) is 38.3 Å². The lowest BCUT2D eigenvalue weighted by molar-refractivity contribution is -0.876. The van der Waals surface area contributed by atoms with Crippen molar-refractivity contribution in [2.45, 2.75) is 20.4 Å². The van der Waals surface area contributed by atoms with E-state index in [9.17, 15) is 14.6 Å². The molecule has 0 aliphatic carbocycles. The summed E-state index contributed by atoms with van der Waals surface area (Å²) in [5.74, 6) is -1.39. The number of rotatable bonds is 6. The molecule has 0 amide bonds. The van der Waals surface area contributed by atoms with E-state index in [1.807, 2.05) is 13.0 Å². The second-order valence-electron chi connectivity index (χ2n) is 5.00. The Hall–Kier alpha value is -1.24. The van der Waals surface area contributed by atoms with Crippen LogP contribution in [0.25, 0.3) is 0 Å². The number of aliphatic carboxylic acids is 1. The highest BCUT2D eigenvalue weighted by atomic mass is 31.2. The van der Waals surface area contributed by atoms with Crippen LogP contribution in [0.2, 0.25) is 0 Å². The van der Waals surface area contributed by atoms with Gasteiger partial charge in [-0.2, -0.15) is 0 Å². The predicted molar refractivity (Wildman–Crippen MR) is 72.7 cm³/mol. The number of aryl methyl sites for hydroxylation is 2. The molecule has 0 heterocycles.